The molecule has 0 unspecified atom stereocenters. The summed E-state index contributed by atoms with van der Waals surface area (Å²) in [4.78, 5) is 4.11. The minimum Gasteiger partial charge on any atom is -0.310 e. The van der Waals surface area contributed by atoms with E-state index in [1.807, 2.05) is 71.6 Å². The van der Waals surface area contributed by atoms with Crippen LogP contribution in [0, 0.1) is 11.6 Å². The van der Waals surface area contributed by atoms with Gasteiger partial charge in [-0.1, -0.05) is 117 Å². The van der Waals surface area contributed by atoms with Crippen molar-refractivity contribution in [2.24, 2.45) is 0 Å². The molecule has 0 heterocycles. The largest absolute Gasteiger partial charge is 0.310 e. The Bertz CT molecular complexity index is 2940. The maximum absolute atomic E-state index is 15.4. The van der Waals surface area contributed by atoms with Crippen molar-refractivity contribution in [1.82, 2.24) is 0 Å². The maximum Gasteiger partial charge on any atom is 0.147 e. The zero-order valence-electron chi connectivity index (χ0n) is 30.5. The summed E-state index contributed by atoms with van der Waals surface area (Å²) in [5, 5.41) is 7.01. The number of benzene rings is 9. The van der Waals surface area contributed by atoms with Crippen LogP contribution < -0.4 is 9.80 Å². The van der Waals surface area contributed by atoms with E-state index in [0.717, 1.165) is 39.2 Å². The third-order valence-electron chi connectivity index (χ3n) is 11.2. The summed E-state index contributed by atoms with van der Waals surface area (Å²) in [5.74, 6) is -0.553. The highest BCUT2D eigenvalue weighted by Crippen LogP contribution is 2.57. The van der Waals surface area contributed by atoms with Gasteiger partial charge < -0.3 is 9.80 Å². The number of halogens is 2. The van der Waals surface area contributed by atoms with Crippen LogP contribution in [-0.4, -0.2) is 0 Å². The standard InChI is InChI=1S/C51H36F2N2/c1-51(2)49-40-28-25-38(55(36-17-7-4-8-18-36)47-23-12-11-22-46(47)53)30-33(40)24-27-44(49)48-42-21-10-9-20-41(42)45-32-39(26-29-43(45)50(48)51)54(35-15-5-3-6-16-35)37-19-13-14-34(52)31-37/h3-32H,1-2H3. The quantitative estimate of drug-likeness (QED) is 0.158. The molecule has 0 spiro atoms. The van der Waals surface area contributed by atoms with E-state index in [0.29, 0.717) is 5.69 Å². The van der Waals surface area contributed by atoms with E-state index in [2.05, 4.69) is 104 Å². The second kappa shape index (κ2) is 12.7. The average molecular weight is 715 g/mol. The van der Waals surface area contributed by atoms with E-state index in [-0.39, 0.29) is 17.0 Å². The first-order chi connectivity index (χ1) is 26.9. The van der Waals surface area contributed by atoms with Crippen molar-refractivity contribution in [3.63, 3.8) is 0 Å². The number of para-hydroxylation sites is 3. The molecule has 0 N–H and O–H groups in total. The Morgan fingerprint density at radius 3 is 1.73 bits per heavy atom. The second-order valence-electron chi connectivity index (χ2n) is 14.8. The molecular formula is C51H36F2N2. The van der Waals surface area contributed by atoms with Gasteiger partial charge >= 0.3 is 0 Å². The summed E-state index contributed by atoms with van der Waals surface area (Å²) in [6.07, 6.45) is 0. The first-order valence-electron chi connectivity index (χ1n) is 18.7. The van der Waals surface area contributed by atoms with Gasteiger partial charge in [-0.2, -0.15) is 0 Å². The highest BCUT2D eigenvalue weighted by Gasteiger charge is 2.40. The highest BCUT2D eigenvalue weighted by atomic mass is 19.1. The molecule has 1 aliphatic carbocycles. The van der Waals surface area contributed by atoms with Crippen molar-refractivity contribution in [1.29, 1.82) is 0 Å². The first kappa shape index (κ1) is 32.8. The predicted octanol–water partition coefficient (Wildman–Crippen LogP) is 14.7. The Kier molecular flexibility index (Phi) is 7.57. The van der Waals surface area contributed by atoms with Crippen LogP contribution in [0.4, 0.5) is 42.9 Å². The van der Waals surface area contributed by atoms with Crippen molar-refractivity contribution >= 4 is 66.4 Å². The molecule has 55 heavy (non-hydrogen) atoms. The number of hydrogen-bond acceptors (Lipinski definition) is 2. The molecule has 9 aromatic carbocycles. The lowest BCUT2D eigenvalue weighted by molar-refractivity contribution is 0.628. The van der Waals surface area contributed by atoms with Crippen LogP contribution in [0.3, 0.4) is 0 Å². The molecule has 10 rings (SSSR count). The van der Waals surface area contributed by atoms with Crippen molar-refractivity contribution in [2.45, 2.75) is 19.3 Å². The maximum atomic E-state index is 15.4. The molecule has 0 bridgehead atoms. The van der Waals surface area contributed by atoms with Gasteiger partial charge in [-0.05, 0) is 133 Å². The third kappa shape index (κ3) is 5.20. The first-order valence-corrected chi connectivity index (χ1v) is 18.7. The van der Waals surface area contributed by atoms with Crippen LogP contribution in [0.15, 0.2) is 182 Å². The zero-order valence-corrected chi connectivity index (χ0v) is 30.5. The molecule has 0 aliphatic heterocycles. The van der Waals surface area contributed by atoms with Crippen molar-refractivity contribution in [3.8, 4) is 11.1 Å². The lowest BCUT2D eigenvalue weighted by Crippen LogP contribution is -2.16. The van der Waals surface area contributed by atoms with Gasteiger partial charge in [-0.15, -0.1) is 0 Å². The second-order valence-corrected chi connectivity index (χ2v) is 14.8. The smallest absolute Gasteiger partial charge is 0.147 e. The molecule has 9 aromatic rings. The summed E-state index contributed by atoms with van der Waals surface area (Å²) >= 11 is 0. The third-order valence-corrected chi connectivity index (χ3v) is 11.2. The normalized spacial score (nSPS) is 12.9. The molecule has 1 aliphatic rings. The molecule has 264 valence electrons. The van der Waals surface area contributed by atoms with Crippen LogP contribution in [0.25, 0.3) is 43.4 Å². The Hall–Kier alpha value is -6.78. The summed E-state index contributed by atoms with van der Waals surface area (Å²) in [6, 6.07) is 60.2. The van der Waals surface area contributed by atoms with Gasteiger partial charge in [0.05, 0.1) is 5.69 Å². The molecule has 4 heteroatoms. The zero-order chi connectivity index (χ0) is 37.3. The molecule has 0 aromatic heterocycles. The topological polar surface area (TPSA) is 6.48 Å². The molecule has 0 atom stereocenters. The van der Waals surface area contributed by atoms with E-state index < -0.39 is 0 Å². The molecule has 2 nitrogen and oxygen atoms in total. The van der Waals surface area contributed by atoms with Gasteiger partial charge in [0.15, 0.2) is 0 Å². The summed E-state index contributed by atoms with van der Waals surface area (Å²) in [7, 11) is 0. The SMILES string of the molecule is CC1(C)c2c(ccc3cc(N(c4ccccc4)c4ccccc4F)ccc23)-c2c1c1ccc(N(c3ccccc3)c3cccc(F)c3)cc1c1ccccc21. The monoisotopic (exact) mass is 714 g/mol. The number of nitrogens with zero attached hydrogens (tertiary/aromatic N) is 2. The molecule has 0 saturated heterocycles. The highest BCUT2D eigenvalue weighted by molar-refractivity contribution is 6.20. The van der Waals surface area contributed by atoms with Crippen molar-refractivity contribution < 1.29 is 8.78 Å². The van der Waals surface area contributed by atoms with Crippen LogP contribution >= 0.6 is 0 Å². The summed E-state index contributed by atoms with van der Waals surface area (Å²) < 4.78 is 30.1. The van der Waals surface area contributed by atoms with Crippen LogP contribution in [0.2, 0.25) is 0 Å². The van der Waals surface area contributed by atoms with Crippen LogP contribution in [-0.2, 0) is 5.41 Å². The Morgan fingerprint density at radius 2 is 1.00 bits per heavy atom. The van der Waals surface area contributed by atoms with E-state index >= 15 is 4.39 Å². The fourth-order valence-electron chi connectivity index (χ4n) is 8.99. The number of anilines is 6. The molecule has 0 fully saturated rings. The molecular weight excluding hydrogens is 679 g/mol. The van der Waals surface area contributed by atoms with Crippen LogP contribution in [0.5, 0.6) is 0 Å². The predicted molar refractivity (Wildman–Crippen MR) is 226 cm³/mol. The minimum atomic E-state index is -0.345. The number of rotatable bonds is 6. The van der Waals surface area contributed by atoms with Crippen molar-refractivity contribution in [3.05, 3.63) is 205 Å². The van der Waals surface area contributed by atoms with Crippen LogP contribution in [0.1, 0.15) is 25.0 Å². The minimum absolute atomic E-state index is 0.276. The van der Waals surface area contributed by atoms with Gasteiger partial charge in [-0.25, -0.2) is 8.78 Å². The summed E-state index contributed by atoms with van der Waals surface area (Å²) in [6.45, 7) is 4.68. The van der Waals surface area contributed by atoms with E-state index in [9.17, 15) is 4.39 Å². The number of hydrogen-bond donors (Lipinski definition) is 0. The lowest BCUT2D eigenvalue weighted by Gasteiger charge is -2.28. The fraction of sp³-hybridized carbons (Fsp3) is 0.0588. The van der Waals surface area contributed by atoms with E-state index in [4.69, 9.17) is 0 Å². The van der Waals surface area contributed by atoms with Gasteiger partial charge in [-0.3, -0.25) is 0 Å². The lowest BCUT2D eigenvalue weighted by atomic mass is 9.77. The molecule has 0 amide bonds. The Balaban J connectivity index is 1.17. The van der Waals surface area contributed by atoms with E-state index in [1.165, 1.54) is 55.9 Å². The molecule has 0 radical (unpaired) electrons. The Labute approximate surface area is 319 Å². The summed E-state index contributed by atoms with van der Waals surface area (Å²) in [5.41, 5.74) is 9.70. The van der Waals surface area contributed by atoms with Gasteiger partial charge in [0, 0.05) is 33.9 Å². The average Bonchev–Trinajstić information content (AvgIpc) is 3.46. The van der Waals surface area contributed by atoms with Gasteiger partial charge in [0.2, 0.25) is 0 Å². The van der Waals surface area contributed by atoms with Gasteiger partial charge in [0.1, 0.15) is 11.6 Å². The van der Waals surface area contributed by atoms with Crippen molar-refractivity contribution in [2.75, 3.05) is 9.80 Å². The fourth-order valence-corrected chi connectivity index (χ4v) is 8.99. The molecule has 0 saturated carbocycles. The Morgan fingerprint density at radius 1 is 0.400 bits per heavy atom. The van der Waals surface area contributed by atoms with Gasteiger partial charge in [0.25, 0.3) is 0 Å². The number of fused-ring (bicyclic) bond motifs is 10. The van der Waals surface area contributed by atoms with E-state index in [1.54, 1.807) is 18.2 Å².